The van der Waals surface area contributed by atoms with E-state index in [1.165, 1.54) is 25.5 Å². The molecule has 1 aromatic carbocycles. The molecule has 1 aliphatic carbocycles. The summed E-state index contributed by atoms with van der Waals surface area (Å²) >= 11 is 0. The second-order valence-electron chi connectivity index (χ2n) is 11.2. The summed E-state index contributed by atoms with van der Waals surface area (Å²) in [6.07, 6.45) is 11.7. The average Bonchev–Trinajstić information content (AvgIpc) is 3.25. The van der Waals surface area contributed by atoms with Crippen molar-refractivity contribution in [1.29, 1.82) is 0 Å². The minimum Gasteiger partial charge on any atom is -0.479 e. The standard InChI is InChI=1S/C30H47N3O4/c1-5-6-20-33-22-31-30(29(35)36,19-18-28(34)37-4)27(33)21-24-12-15-25(16-13-24)26(32(2)3)17-14-23-10-8-7-9-11-23/h7-11,22,24-27H,5-6,12-21H2,1-4H3,(H,35,36). The lowest BCUT2D eigenvalue weighted by Crippen LogP contribution is -2.52. The van der Waals surface area contributed by atoms with Crippen LogP contribution in [-0.2, 0) is 20.7 Å². The van der Waals surface area contributed by atoms with Crippen LogP contribution < -0.4 is 0 Å². The molecule has 3 unspecified atom stereocenters. The van der Waals surface area contributed by atoms with E-state index < -0.39 is 11.5 Å². The Labute approximate surface area is 223 Å². The lowest BCUT2D eigenvalue weighted by atomic mass is 9.72. The number of unbranched alkanes of at least 4 members (excludes halogenated alkanes) is 1. The smallest absolute Gasteiger partial charge is 0.333 e. The molecule has 1 saturated carbocycles. The van der Waals surface area contributed by atoms with Crippen molar-refractivity contribution < 1.29 is 19.4 Å². The van der Waals surface area contributed by atoms with Crippen LogP contribution in [0.3, 0.4) is 0 Å². The number of carbonyl (C=O) groups is 2. The molecular formula is C30H47N3O4. The molecule has 206 valence electrons. The number of aryl methyl sites for hydroxylation is 1. The van der Waals surface area contributed by atoms with Crippen LogP contribution in [0.4, 0.5) is 0 Å². The summed E-state index contributed by atoms with van der Waals surface area (Å²) in [7, 11) is 5.75. The third kappa shape index (κ3) is 7.56. The molecule has 1 fully saturated rings. The molecular weight excluding hydrogens is 466 g/mol. The zero-order chi connectivity index (χ0) is 26.8. The Hall–Kier alpha value is -2.41. The molecule has 7 heteroatoms. The van der Waals surface area contributed by atoms with Crippen molar-refractivity contribution >= 4 is 18.3 Å². The number of benzene rings is 1. The first-order valence-corrected chi connectivity index (χ1v) is 14.1. The van der Waals surface area contributed by atoms with Gasteiger partial charge in [0.2, 0.25) is 0 Å². The molecule has 37 heavy (non-hydrogen) atoms. The second-order valence-corrected chi connectivity index (χ2v) is 11.2. The van der Waals surface area contributed by atoms with Crippen LogP contribution in [0.2, 0.25) is 0 Å². The minimum atomic E-state index is -1.28. The number of carbonyl (C=O) groups excluding carboxylic acids is 1. The highest BCUT2D eigenvalue weighted by molar-refractivity contribution is 5.85. The van der Waals surface area contributed by atoms with Gasteiger partial charge in [-0.15, -0.1) is 0 Å². The van der Waals surface area contributed by atoms with Gasteiger partial charge in [-0.25, -0.2) is 4.79 Å². The fourth-order valence-corrected chi connectivity index (χ4v) is 6.43. The van der Waals surface area contributed by atoms with E-state index >= 15 is 0 Å². The summed E-state index contributed by atoms with van der Waals surface area (Å²) in [5, 5.41) is 10.3. The Kier molecular flexibility index (Phi) is 11.0. The van der Waals surface area contributed by atoms with E-state index in [0.29, 0.717) is 17.9 Å². The number of aliphatic imine (C=N–C) groups is 1. The molecule has 3 atom stereocenters. The maximum atomic E-state index is 12.6. The fraction of sp³-hybridized carbons (Fsp3) is 0.700. The zero-order valence-electron chi connectivity index (χ0n) is 23.3. The number of carboxylic acid groups (broad SMARTS) is 1. The van der Waals surface area contributed by atoms with Crippen LogP contribution in [-0.4, -0.2) is 78.6 Å². The molecule has 0 saturated heterocycles. The van der Waals surface area contributed by atoms with Gasteiger partial charge in [-0.1, -0.05) is 56.5 Å². The topological polar surface area (TPSA) is 82.4 Å². The van der Waals surface area contributed by atoms with E-state index in [0.717, 1.165) is 51.5 Å². The van der Waals surface area contributed by atoms with Crippen molar-refractivity contribution in [1.82, 2.24) is 9.80 Å². The molecule has 1 heterocycles. The van der Waals surface area contributed by atoms with Gasteiger partial charge in [0.25, 0.3) is 0 Å². The highest BCUT2D eigenvalue weighted by Crippen LogP contribution is 2.41. The van der Waals surface area contributed by atoms with Gasteiger partial charge in [0.1, 0.15) is 0 Å². The molecule has 1 N–H and O–H groups in total. The largest absolute Gasteiger partial charge is 0.479 e. The number of carboxylic acids is 1. The molecule has 0 radical (unpaired) electrons. The molecule has 1 aromatic rings. The monoisotopic (exact) mass is 513 g/mol. The Balaban J connectivity index is 1.65. The van der Waals surface area contributed by atoms with E-state index in [-0.39, 0.29) is 24.9 Å². The van der Waals surface area contributed by atoms with E-state index in [1.54, 1.807) is 6.34 Å². The lowest BCUT2D eigenvalue weighted by Gasteiger charge is -2.41. The highest BCUT2D eigenvalue weighted by Gasteiger charge is 2.52. The molecule has 2 aliphatic rings. The first-order valence-electron chi connectivity index (χ1n) is 14.1. The second kappa shape index (κ2) is 13.9. The van der Waals surface area contributed by atoms with Crippen molar-refractivity contribution in [2.24, 2.45) is 16.8 Å². The van der Waals surface area contributed by atoms with Crippen LogP contribution in [0, 0.1) is 11.8 Å². The Morgan fingerprint density at radius 2 is 1.89 bits per heavy atom. The summed E-state index contributed by atoms with van der Waals surface area (Å²) in [4.78, 5) is 33.6. The van der Waals surface area contributed by atoms with Crippen LogP contribution >= 0.6 is 0 Å². The van der Waals surface area contributed by atoms with Crippen molar-refractivity contribution in [2.75, 3.05) is 27.7 Å². The highest BCUT2D eigenvalue weighted by atomic mass is 16.5. The first-order chi connectivity index (χ1) is 17.8. The van der Waals surface area contributed by atoms with E-state index in [9.17, 15) is 14.7 Å². The average molecular weight is 514 g/mol. The molecule has 0 bridgehead atoms. The van der Waals surface area contributed by atoms with Gasteiger partial charge >= 0.3 is 11.9 Å². The van der Waals surface area contributed by atoms with Gasteiger partial charge in [0, 0.05) is 19.0 Å². The number of rotatable bonds is 14. The van der Waals surface area contributed by atoms with Crippen LogP contribution in [0.5, 0.6) is 0 Å². The summed E-state index contributed by atoms with van der Waals surface area (Å²) in [5.74, 6) is -0.179. The first kappa shape index (κ1) is 29.2. The van der Waals surface area contributed by atoms with Crippen molar-refractivity contribution in [3.63, 3.8) is 0 Å². The van der Waals surface area contributed by atoms with Gasteiger partial charge in [0.15, 0.2) is 5.54 Å². The normalized spacial score (nSPS) is 26.4. The number of methoxy groups -OCH3 is 1. The predicted molar refractivity (Wildman–Crippen MR) is 148 cm³/mol. The maximum Gasteiger partial charge on any atom is 0.333 e. The minimum absolute atomic E-state index is 0.0664. The Morgan fingerprint density at radius 1 is 1.19 bits per heavy atom. The van der Waals surface area contributed by atoms with Gasteiger partial charge in [-0.2, -0.15) is 0 Å². The summed E-state index contributed by atoms with van der Waals surface area (Å²) in [6, 6.07) is 11.1. The Morgan fingerprint density at radius 3 is 2.49 bits per heavy atom. The number of esters is 1. The quantitative estimate of drug-likeness (QED) is 0.351. The molecule has 3 rings (SSSR count). The van der Waals surface area contributed by atoms with E-state index in [1.807, 2.05) is 0 Å². The number of hydrogen-bond donors (Lipinski definition) is 1. The van der Waals surface area contributed by atoms with E-state index in [2.05, 4.69) is 66.1 Å². The van der Waals surface area contributed by atoms with Crippen LogP contribution in [0.1, 0.15) is 76.7 Å². The maximum absolute atomic E-state index is 12.6. The fourth-order valence-electron chi connectivity index (χ4n) is 6.43. The lowest BCUT2D eigenvalue weighted by molar-refractivity contribution is -0.147. The van der Waals surface area contributed by atoms with Crippen molar-refractivity contribution in [2.45, 2.75) is 95.2 Å². The molecule has 7 nitrogen and oxygen atoms in total. The van der Waals surface area contributed by atoms with E-state index in [4.69, 9.17) is 4.74 Å². The van der Waals surface area contributed by atoms with Gasteiger partial charge in [0.05, 0.1) is 19.5 Å². The third-order valence-corrected chi connectivity index (χ3v) is 8.69. The van der Waals surface area contributed by atoms with Crippen molar-refractivity contribution in [3.05, 3.63) is 35.9 Å². The summed E-state index contributed by atoms with van der Waals surface area (Å²) in [5.41, 5.74) is 0.120. The van der Waals surface area contributed by atoms with Gasteiger partial charge < -0.3 is 19.6 Å². The number of nitrogens with zero attached hydrogens (tertiary/aromatic N) is 3. The molecule has 0 aromatic heterocycles. The third-order valence-electron chi connectivity index (χ3n) is 8.69. The zero-order valence-corrected chi connectivity index (χ0v) is 23.3. The summed E-state index contributed by atoms with van der Waals surface area (Å²) in [6.45, 7) is 2.94. The molecule has 0 amide bonds. The SMILES string of the molecule is CCCCN1C=NC(CCC(=O)OC)(C(=O)O)C1CC1CCC(C(CCc2ccccc2)N(C)C)CC1. The predicted octanol–water partition coefficient (Wildman–Crippen LogP) is 5.04. The van der Waals surface area contributed by atoms with Crippen molar-refractivity contribution in [3.8, 4) is 0 Å². The Bertz CT molecular complexity index is 882. The van der Waals surface area contributed by atoms with Gasteiger partial charge in [-0.3, -0.25) is 9.79 Å². The number of hydrogen-bond acceptors (Lipinski definition) is 6. The van der Waals surface area contributed by atoms with Crippen LogP contribution in [0.25, 0.3) is 0 Å². The molecule has 1 aliphatic heterocycles. The number of aliphatic carboxylic acids is 1. The molecule has 0 spiro atoms. The van der Waals surface area contributed by atoms with Gasteiger partial charge in [-0.05, 0) is 76.4 Å². The number of ether oxygens (including phenoxy) is 1. The summed E-state index contributed by atoms with van der Waals surface area (Å²) < 4.78 is 4.81. The van der Waals surface area contributed by atoms with Crippen LogP contribution in [0.15, 0.2) is 35.3 Å².